The van der Waals surface area contributed by atoms with Crippen LogP contribution in [-0.4, -0.2) is 4.98 Å². The Hall–Kier alpha value is -2.00. The van der Waals surface area contributed by atoms with Gasteiger partial charge in [-0.3, -0.25) is 0 Å². The van der Waals surface area contributed by atoms with E-state index in [1.807, 2.05) is 12.1 Å². The molecule has 2 heterocycles. The topological polar surface area (TPSA) is 24.9 Å². The van der Waals surface area contributed by atoms with Crippen LogP contribution >= 0.6 is 11.8 Å². The lowest BCUT2D eigenvalue weighted by Gasteiger charge is -2.20. The largest absolute Gasteiger partial charge is 0.338 e. The average Bonchev–Trinajstić information content (AvgIpc) is 2.43. The predicted molar refractivity (Wildman–Crippen MR) is 80.3 cm³/mol. The SMILES string of the molecule is Cc1ccc2c(c1)Sc1cc3ccccc3nc1N2. The van der Waals surface area contributed by atoms with E-state index in [4.69, 9.17) is 4.98 Å². The van der Waals surface area contributed by atoms with E-state index in [0.717, 1.165) is 17.0 Å². The molecule has 2 aromatic carbocycles. The van der Waals surface area contributed by atoms with E-state index in [1.165, 1.54) is 20.7 Å². The fraction of sp³-hybridized carbons (Fsp3) is 0.0625. The summed E-state index contributed by atoms with van der Waals surface area (Å²) >= 11 is 1.79. The van der Waals surface area contributed by atoms with Gasteiger partial charge in [0, 0.05) is 10.3 Å². The molecule has 1 aromatic heterocycles. The van der Waals surface area contributed by atoms with Crippen LogP contribution < -0.4 is 5.32 Å². The number of para-hydroxylation sites is 1. The van der Waals surface area contributed by atoms with Gasteiger partial charge in [-0.1, -0.05) is 36.0 Å². The molecule has 0 bridgehead atoms. The van der Waals surface area contributed by atoms with Crippen LogP contribution in [0.4, 0.5) is 11.5 Å². The zero-order valence-electron chi connectivity index (χ0n) is 10.5. The van der Waals surface area contributed by atoms with Gasteiger partial charge in [-0.2, -0.15) is 0 Å². The molecule has 0 radical (unpaired) electrons. The van der Waals surface area contributed by atoms with Gasteiger partial charge in [0.15, 0.2) is 0 Å². The first-order valence-electron chi connectivity index (χ1n) is 6.25. The van der Waals surface area contributed by atoms with Crippen molar-refractivity contribution in [1.82, 2.24) is 4.98 Å². The minimum Gasteiger partial charge on any atom is -0.338 e. The van der Waals surface area contributed by atoms with Crippen molar-refractivity contribution in [2.24, 2.45) is 0 Å². The van der Waals surface area contributed by atoms with E-state index in [1.54, 1.807) is 11.8 Å². The van der Waals surface area contributed by atoms with Crippen molar-refractivity contribution in [2.75, 3.05) is 5.32 Å². The number of aryl methyl sites for hydroxylation is 1. The highest BCUT2D eigenvalue weighted by Gasteiger charge is 2.17. The van der Waals surface area contributed by atoms with Crippen LogP contribution in [0.25, 0.3) is 10.9 Å². The van der Waals surface area contributed by atoms with E-state index in [-0.39, 0.29) is 0 Å². The highest BCUT2D eigenvalue weighted by molar-refractivity contribution is 7.99. The molecule has 0 fully saturated rings. The molecular formula is C16H12N2S. The summed E-state index contributed by atoms with van der Waals surface area (Å²) in [5, 5.41) is 4.61. The minimum absolute atomic E-state index is 0.958. The number of nitrogens with one attached hydrogen (secondary N) is 1. The summed E-state index contributed by atoms with van der Waals surface area (Å²) in [6.45, 7) is 2.12. The first-order chi connectivity index (χ1) is 9.29. The smallest absolute Gasteiger partial charge is 0.145 e. The number of nitrogens with zero attached hydrogens (tertiary/aromatic N) is 1. The van der Waals surface area contributed by atoms with Crippen molar-refractivity contribution in [3.63, 3.8) is 0 Å². The molecule has 3 aromatic rings. The first kappa shape index (κ1) is 10.9. The Bertz CT molecular complexity index is 796. The van der Waals surface area contributed by atoms with Gasteiger partial charge >= 0.3 is 0 Å². The second-order valence-corrected chi connectivity index (χ2v) is 5.84. The third-order valence-electron chi connectivity index (χ3n) is 3.30. The first-order valence-corrected chi connectivity index (χ1v) is 7.06. The molecule has 0 amide bonds. The monoisotopic (exact) mass is 264 g/mol. The van der Waals surface area contributed by atoms with Gasteiger partial charge in [0.05, 0.1) is 16.1 Å². The summed E-state index contributed by atoms with van der Waals surface area (Å²) in [6.07, 6.45) is 0. The number of fused-ring (bicyclic) bond motifs is 3. The van der Waals surface area contributed by atoms with Crippen LogP contribution in [0, 0.1) is 6.92 Å². The molecule has 19 heavy (non-hydrogen) atoms. The Morgan fingerprint density at radius 1 is 1.00 bits per heavy atom. The van der Waals surface area contributed by atoms with Crippen LogP contribution in [0.2, 0.25) is 0 Å². The van der Waals surface area contributed by atoms with E-state index in [0.29, 0.717) is 0 Å². The number of benzene rings is 2. The van der Waals surface area contributed by atoms with Crippen molar-refractivity contribution >= 4 is 34.2 Å². The van der Waals surface area contributed by atoms with Gasteiger partial charge in [0.2, 0.25) is 0 Å². The summed E-state index contributed by atoms with van der Waals surface area (Å²) in [5.74, 6) is 0.958. The van der Waals surface area contributed by atoms with Gasteiger partial charge in [0.25, 0.3) is 0 Å². The zero-order chi connectivity index (χ0) is 12.8. The maximum absolute atomic E-state index is 4.71. The standard InChI is InChI=1S/C16H12N2S/c1-10-6-7-13-14(8-10)19-15-9-11-4-2-3-5-12(11)17-16(15)18-13/h2-9H,1H3,(H,17,18). The minimum atomic E-state index is 0.958. The fourth-order valence-corrected chi connectivity index (χ4v) is 3.42. The second kappa shape index (κ2) is 4.00. The average molecular weight is 264 g/mol. The Balaban J connectivity index is 1.90. The van der Waals surface area contributed by atoms with Crippen LogP contribution in [-0.2, 0) is 0 Å². The lowest BCUT2D eigenvalue weighted by atomic mass is 10.2. The molecule has 4 rings (SSSR count). The molecule has 1 N–H and O–H groups in total. The molecule has 2 nitrogen and oxygen atoms in total. The lowest BCUT2D eigenvalue weighted by Crippen LogP contribution is -2.02. The van der Waals surface area contributed by atoms with Gasteiger partial charge < -0.3 is 5.32 Å². The maximum atomic E-state index is 4.71. The molecule has 92 valence electrons. The summed E-state index contributed by atoms with van der Waals surface area (Å²) in [7, 11) is 0. The number of anilines is 2. The van der Waals surface area contributed by atoms with Gasteiger partial charge in [-0.15, -0.1) is 0 Å². The van der Waals surface area contributed by atoms with Crippen LogP contribution in [0.1, 0.15) is 5.56 Å². The van der Waals surface area contributed by atoms with E-state index in [9.17, 15) is 0 Å². The summed E-state index contributed by atoms with van der Waals surface area (Å²) in [5.41, 5.74) is 3.46. The molecule has 0 aliphatic carbocycles. The van der Waals surface area contributed by atoms with Gasteiger partial charge in [0.1, 0.15) is 5.82 Å². The molecule has 0 unspecified atom stereocenters. The van der Waals surface area contributed by atoms with E-state index >= 15 is 0 Å². The quantitative estimate of drug-likeness (QED) is 0.496. The van der Waals surface area contributed by atoms with Crippen molar-refractivity contribution in [1.29, 1.82) is 0 Å². The number of rotatable bonds is 0. The molecule has 0 saturated heterocycles. The van der Waals surface area contributed by atoms with E-state index < -0.39 is 0 Å². The Morgan fingerprint density at radius 2 is 1.89 bits per heavy atom. The molecule has 3 heteroatoms. The second-order valence-electron chi connectivity index (χ2n) is 4.75. The molecular weight excluding hydrogens is 252 g/mol. The van der Waals surface area contributed by atoms with Crippen molar-refractivity contribution < 1.29 is 0 Å². The Morgan fingerprint density at radius 3 is 2.84 bits per heavy atom. The molecule has 0 atom stereocenters. The summed E-state index contributed by atoms with van der Waals surface area (Å²) < 4.78 is 0. The molecule has 1 aliphatic heterocycles. The summed E-state index contributed by atoms with van der Waals surface area (Å²) in [4.78, 5) is 7.16. The zero-order valence-corrected chi connectivity index (χ0v) is 11.3. The van der Waals surface area contributed by atoms with E-state index in [2.05, 4.69) is 48.6 Å². The molecule has 0 spiro atoms. The number of hydrogen-bond donors (Lipinski definition) is 1. The molecule has 0 saturated carbocycles. The van der Waals surface area contributed by atoms with Crippen LogP contribution in [0.3, 0.4) is 0 Å². The van der Waals surface area contributed by atoms with Gasteiger partial charge in [-0.25, -0.2) is 4.98 Å². The highest BCUT2D eigenvalue weighted by atomic mass is 32.2. The highest BCUT2D eigenvalue weighted by Crippen LogP contribution is 2.44. The number of hydrogen-bond acceptors (Lipinski definition) is 3. The number of pyridine rings is 1. The van der Waals surface area contributed by atoms with Crippen molar-refractivity contribution in [2.45, 2.75) is 16.7 Å². The van der Waals surface area contributed by atoms with Crippen molar-refractivity contribution in [3.05, 3.63) is 54.1 Å². The lowest BCUT2D eigenvalue weighted by molar-refractivity contribution is 1.22. The molecule has 1 aliphatic rings. The van der Waals surface area contributed by atoms with Crippen molar-refractivity contribution in [3.8, 4) is 0 Å². The third kappa shape index (κ3) is 1.78. The summed E-state index contributed by atoms with van der Waals surface area (Å²) in [6, 6.07) is 16.9. The fourth-order valence-electron chi connectivity index (χ4n) is 2.33. The number of aromatic nitrogens is 1. The normalized spacial score (nSPS) is 12.7. The maximum Gasteiger partial charge on any atom is 0.145 e. The predicted octanol–water partition coefficient (Wildman–Crippen LogP) is 4.75. The van der Waals surface area contributed by atoms with Gasteiger partial charge in [-0.05, 0) is 36.8 Å². The Labute approximate surface area is 115 Å². The van der Waals surface area contributed by atoms with Crippen LogP contribution in [0.15, 0.2) is 58.3 Å². The third-order valence-corrected chi connectivity index (χ3v) is 4.39. The van der Waals surface area contributed by atoms with Crippen LogP contribution in [0.5, 0.6) is 0 Å². The Kier molecular flexibility index (Phi) is 2.29.